The van der Waals surface area contributed by atoms with Crippen LogP contribution in [0.4, 0.5) is 5.95 Å². The topological polar surface area (TPSA) is 67.3 Å². The van der Waals surface area contributed by atoms with Gasteiger partial charge in [0.05, 0.1) is 6.10 Å². The van der Waals surface area contributed by atoms with Crippen molar-refractivity contribution in [1.29, 1.82) is 0 Å². The summed E-state index contributed by atoms with van der Waals surface area (Å²) in [7, 11) is 0. The first-order valence-electron chi connectivity index (χ1n) is 7.53. The molecule has 1 aliphatic carbocycles. The lowest BCUT2D eigenvalue weighted by Crippen LogP contribution is -2.29. The highest BCUT2D eigenvalue weighted by molar-refractivity contribution is 5.27. The third kappa shape index (κ3) is 4.34. The maximum atomic E-state index is 9.42. The van der Waals surface area contributed by atoms with Gasteiger partial charge in [-0.05, 0) is 38.5 Å². The quantitative estimate of drug-likeness (QED) is 0.837. The van der Waals surface area contributed by atoms with E-state index in [0.29, 0.717) is 23.7 Å². The number of anilines is 1. The number of aromatic nitrogens is 2. The summed E-state index contributed by atoms with van der Waals surface area (Å²) in [5.41, 5.74) is 0. The molecule has 1 aliphatic rings. The lowest BCUT2D eigenvalue weighted by molar-refractivity contribution is 0.141. The molecule has 1 aromatic rings. The Labute approximate surface area is 120 Å². The number of hydrogen-bond donors (Lipinski definition) is 2. The number of aliphatic hydroxyl groups is 1. The lowest BCUT2D eigenvalue weighted by atomic mass is 9.80. The molecule has 2 atom stereocenters. The summed E-state index contributed by atoms with van der Waals surface area (Å²) >= 11 is 0. The van der Waals surface area contributed by atoms with Gasteiger partial charge in [-0.3, -0.25) is 0 Å². The molecule has 0 aliphatic heterocycles. The third-order valence-electron chi connectivity index (χ3n) is 3.81. The maximum Gasteiger partial charge on any atom is 0.225 e. The van der Waals surface area contributed by atoms with E-state index in [-0.39, 0.29) is 12.7 Å². The first-order valence-corrected chi connectivity index (χ1v) is 7.53. The van der Waals surface area contributed by atoms with Gasteiger partial charge in [-0.25, -0.2) is 4.98 Å². The van der Waals surface area contributed by atoms with E-state index in [4.69, 9.17) is 4.74 Å². The van der Waals surface area contributed by atoms with Gasteiger partial charge in [-0.1, -0.05) is 12.8 Å². The highest BCUT2D eigenvalue weighted by atomic mass is 16.5. The van der Waals surface area contributed by atoms with E-state index >= 15 is 0 Å². The van der Waals surface area contributed by atoms with Gasteiger partial charge in [0, 0.05) is 25.4 Å². The van der Waals surface area contributed by atoms with Crippen molar-refractivity contribution in [2.75, 3.05) is 18.5 Å². The summed E-state index contributed by atoms with van der Waals surface area (Å²) in [5.74, 6) is 2.11. The van der Waals surface area contributed by atoms with Gasteiger partial charge in [0.1, 0.15) is 0 Å². The van der Waals surface area contributed by atoms with Crippen molar-refractivity contribution in [2.45, 2.75) is 45.6 Å². The Morgan fingerprint density at radius 1 is 1.35 bits per heavy atom. The van der Waals surface area contributed by atoms with Crippen molar-refractivity contribution in [3.05, 3.63) is 12.3 Å². The Balaban J connectivity index is 1.89. The maximum absolute atomic E-state index is 9.42. The predicted molar refractivity (Wildman–Crippen MR) is 78.8 cm³/mol. The minimum absolute atomic E-state index is 0.106. The second-order valence-corrected chi connectivity index (χ2v) is 5.75. The third-order valence-corrected chi connectivity index (χ3v) is 3.81. The Morgan fingerprint density at radius 2 is 2.10 bits per heavy atom. The van der Waals surface area contributed by atoms with Crippen LogP contribution in [-0.4, -0.2) is 34.3 Å². The van der Waals surface area contributed by atoms with Crippen molar-refractivity contribution in [3.8, 4) is 5.88 Å². The first-order chi connectivity index (χ1) is 9.69. The molecule has 0 spiro atoms. The molecule has 112 valence electrons. The Morgan fingerprint density at radius 3 is 2.80 bits per heavy atom. The van der Waals surface area contributed by atoms with Crippen LogP contribution in [0.1, 0.15) is 39.5 Å². The predicted octanol–water partition coefficient (Wildman–Crippen LogP) is 2.47. The number of aliphatic hydroxyl groups excluding tert-OH is 1. The monoisotopic (exact) mass is 279 g/mol. The molecule has 0 amide bonds. The number of rotatable bonds is 6. The van der Waals surface area contributed by atoms with Crippen molar-refractivity contribution in [1.82, 2.24) is 9.97 Å². The fourth-order valence-electron chi connectivity index (χ4n) is 2.75. The molecule has 2 N–H and O–H groups in total. The fraction of sp³-hybridized carbons (Fsp3) is 0.733. The van der Waals surface area contributed by atoms with Crippen LogP contribution in [0.2, 0.25) is 0 Å². The molecule has 1 heterocycles. The molecule has 2 rings (SSSR count). The van der Waals surface area contributed by atoms with E-state index in [1.807, 2.05) is 13.8 Å². The van der Waals surface area contributed by atoms with Crippen LogP contribution in [0, 0.1) is 11.8 Å². The number of nitrogens with one attached hydrogen (secondary N) is 1. The van der Waals surface area contributed by atoms with Gasteiger partial charge in [-0.15, -0.1) is 0 Å². The van der Waals surface area contributed by atoms with Crippen LogP contribution in [0.3, 0.4) is 0 Å². The standard InChI is InChI=1S/C15H25N3O2/c1-11(2)20-14-7-8-16-15(18-14)17-9-12-5-3-4-6-13(12)10-19/h7-8,11-13,19H,3-6,9-10H2,1-2H3,(H,16,17,18). The summed E-state index contributed by atoms with van der Waals surface area (Å²) in [6.07, 6.45) is 6.59. The van der Waals surface area contributed by atoms with E-state index in [0.717, 1.165) is 13.0 Å². The molecule has 1 aromatic heterocycles. The normalized spacial score (nSPS) is 22.8. The zero-order chi connectivity index (χ0) is 14.4. The van der Waals surface area contributed by atoms with Gasteiger partial charge < -0.3 is 15.2 Å². The average molecular weight is 279 g/mol. The van der Waals surface area contributed by atoms with Gasteiger partial charge in [0.2, 0.25) is 11.8 Å². The van der Waals surface area contributed by atoms with E-state index in [2.05, 4.69) is 15.3 Å². The van der Waals surface area contributed by atoms with Gasteiger partial charge in [-0.2, -0.15) is 4.98 Å². The summed E-state index contributed by atoms with van der Waals surface area (Å²) in [6.45, 7) is 5.05. The van der Waals surface area contributed by atoms with Crippen LogP contribution in [0.15, 0.2) is 12.3 Å². The average Bonchev–Trinajstić information content (AvgIpc) is 2.45. The second-order valence-electron chi connectivity index (χ2n) is 5.75. The molecule has 0 bridgehead atoms. The second kappa shape index (κ2) is 7.43. The molecule has 0 aromatic carbocycles. The molecule has 0 radical (unpaired) electrons. The highest BCUT2D eigenvalue weighted by Crippen LogP contribution is 2.29. The number of hydrogen-bond acceptors (Lipinski definition) is 5. The summed E-state index contributed by atoms with van der Waals surface area (Å²) in [4.78, 5) is 8.56. The number of nitrogens with zero attached hydrogens (tertiary/aromatic N) is 2. The Hall–Kier alpha value is -1.36. The van der Waals surface area contributed by atoms with Crippen molar-refractivity contribution >= 4 is 5.95 Å². The van der Waals surface area contributed by atoms with E-state index in [1.54, 1.807) is 12.3 Å². The Bertz CT molecular complexity index is 412. The van der Waals surface area contributed by atoms with Crippen molar-refractivity contribution in [3.63, 3.8) is 0 Å². The molecule has 1 saturated carbocycles. The molecule has 1 fully saturated rings. The minimum atomic E-state index is 0.106. The molecular formula is C15H25N3O2. The van der Waals surface area contributed by atoms with Crippen LogP contribution in [0.25, 0.3) is 0 Å². The SMILES string of the molecule is CC(C)Oc1ccnc(NCC2CCCCC2CO)n1. The van der Waals surface area contributed by atoms with Crippen LogP contribution in [-0.2, 0) is 0 Å². The van der Waals surface area contributed by atoms with Crippen LogP contribution in [0.5, 0.6) is 5.88 Å². The molecule has 5 heteroatoms. The number of ether oxygens (including phenoxy) is 1. The Kier molecular flexibility index (Phi) is 5.59. The van der Waals surface area contributed by atoms with Gasteiger partial charge in [0.15, 0.2) is 0 Å². The molecule has 20 heavy (non-hydrogen) atoms. The zero-order valence-corrected chi connectivity index (χ0v) is 12.4. The highest BCUT2D eigenvalue weighted by Gasteiger charge is 2.24. The first kappa shape index (κ1) is 15.0. The smallest absolute Gasteiger partial charge is 0.225 e. The van der Waals surface area contributed by atoms with Crippen LogP contribution < -0.4 is 10.1 Å². The zero-order valence-electron chi connectivity index (χ0n) is 12.4. The fourth-order valence-corrected chi connectivity index (χ4v) is 2.75. The van der Waals surface area contributed by atoms with Crippen molar-refractivity contribution in [2.24, 2.45) is 11.8 Å². The molecule has 5 nitrogen and oxygen atoms in total. The van der Waals surface area contributed by atoms with Crippen molar-refractivity contribution < 1.29 is 9.84 Å². The van der Waals surface area contributed by atoms with E-state index in [9.17, 15) is 5.11 Å². The van der Waals surface area contributed by atoms with Gasteiger partial charge >= 0.3 is 0 Å². The summed E-state index contributed by atoms with van der Waals surface area (Å²) in [5, 5.41) is 12.7. The largest absolute Gasteiger partial charge is 0.475 e. The van der Waals surface area contributed by atoms with Crippen LogP contribution >= 0.6 is 0 Å². The van der Waals surface area contributed by atoms with E-state index < -0.39 is 0 Å². The molecular weight excluding hydrogens is 254 g/mol. The lowest BCUT2D eigenvalue weighted by Gasteiger charge is -2.30. The van der Waals surface area contributed by atoms with E-state index in [1.165, 1.54) is 19.3 Å². The summed E-state index contributed by atoms with van der Waals surface area (Å²) < 4.78 is 5.56. The molecule has 2 unspecified atom stereocenters. The minimum Gasteiger partial charge on any atom is -0.475 e. The van der Waals surface area contributed by atoms with Gasteiger partial charge in [0.25, 0.3) is 0 Å². The summed E-state index contributed by atoms with van der Waals surface area (Å²) in [6, 6.07) is 1.77. The molecule has 0 saturated heterocycles.